The van der Waals surface area contributed by atoms with Gasteiger partial charge in [0, 0.05) is 10.9 Å². The number of rotatable bonds is 4. The van der Waals surface area contributed by atoms with Gasteiger partial charge in [-0.1, -0.05) is 29.8 Å². The highest BCUT2D eigenvalue weighted by Gasteiger charge is 2.18. The Kier molecular flexibility index (Phi) is 4.14. The van der Waals surface area contributed by atoms with Crippen molar-refractivity contribution in [2.75, 3.05) is 0 Å². The highest BCUT2D eigenvalue weighted by molar-refractivity contribution is 7.13. The molecule has 1 aromatic heterocycles. The predicted molar refractivity (Wildman–Crippen MR) is 76.4 cm³/mol. The SMILES string of the molecule is Cc1ccc(-c2nc(C(=O)O[C@H](C)C(N)=O)cs2)cc1. The van der Waals surface area contributed by atoms with E-state index in [1.807, 2.05) is 31.2 Å². The molecule has 1 heterocycles. The molecule has 0 spiro atoms. The van der Waals surface area contributed by atoms with E-state index in [-0.39, 0.29) is 5.69 Å². The number of carbonyl (C=O) groups excluding carboxylic acids is 2. The van der Waals surface area contributed by atoms with E-state index in [2.05, 4.69) is 4.98 Å². The smallest absolute Gasteiger partial charge is 0.358 e. The van der Waals surface area contributed by atoms with Crippen molar-refractivity contribution < 1.29 is 14.3 Å². The number of carbonyl (C=O) groups is 2. The van der Waals surface area contributed by atoms with Crippen LogP contribution < -0.4 is 5.73 Å². The monoisotopic (exact) mass is 290 g/mol. The van der Waals surface area contributed by atoms with Gasteiger partial charge in [-0.15, -0.1) is 11.3 Å². The summed E-state index contributed by atoms with van der Waals surface area (Å²) in [4.78, 5) is 26.8. The molecule has 20 heavy (non-hydrogen) atoms. The molecule has 0 aliphatic rings. The number of nitrogens with zero attached hydrogens (tertiary/aromatic N) is 1. The molecule has 6 heteroatoms. The molecule has 0 fully saturated rings. The Morgan fingerprint density at radius 3 is 2.55 bits per heavy atom. The number of thiazole rings is 1. The predicted octanol–water partition coefficient (Wildman–Crippen LogP) is 2.15. The Morgan fingerprint density at radius 2 is 1.95 bits per heavy atom. The number of amides is 1. The van der Waals surface area contributed by atoms with Gasteiger partial charge in [-0.2, -0.15) is 0 Å². The van der Waals surface area contributed by atoms with Gasteiger partial charge in [0.2, 0.25) is 0 Å². The standard InChI is InChI=1S/C14H14N2O3S/c1-8-3-5-10(6-4-8)13-16-11(7-20-13)14(18)19-9(2)12(15)17/h3-7,9H,1-2H3,(H2,15,17)/t9-/m1/s1. The van der Waals surface area contributed by atoms with Crippen LogP contribution in [-0.4, -0.2) is 23.0 Å². The minimum Gasteiger partial charge on any atom is -0.448 e. The summed E-state index contributed by atoms with van der Waals surface area (Å²) < 4.78 is 4.90. The second-order valence-electron chi connectivity index (χ2n) is 4.35. The first-order valence-electron chi connectivity index (χ1n) is 6.00. The van der Waals surface area contributed by atoms with E-state index in [1.165, 1.54) is 18.3 Å². The van der Waals surface area contributed by atoms with Crippen LogP contribution in [0.2, 0.25) is 0 Å². The molecule has 2 rings (SSSR count). The van der Waals surface area contributed by atoms with Crippen LogP contribution in [0.4, 0.5) is 0 Å². The van der Waals surface area contributed by atoms with Crippen molar-refractivity contribution in [3.8, 4) is 10.6 Å². The fourth-order valence-corrected chi connectivity index (χ4v) is 2.27. The third kappa shape index (κ3) is 3.21. The van der Waals surface area contributed by atoms with Gasteiger partial charge in [0.1, 0.15) is 5.01 Å². The van der Waals surface area contributed by atoms with Crippen LogP contribution in [0.3, 0.4) is 0 Å². The quantitative estimate of drug-likeness (QED) is 0.875. The van der Waals surface area contributed by atoms with Crippen molar-refractivity contribution in [2.45, 2.75) is 20.0 Å². The summed E-state index contributed by atoms with van der Waals surface area (Å²) in [5.74, 6) is -1.33. The van der Waals surface area contributed by atoms with Gasteiger partial charge in [0.25, 0.3) is 5.91 Å². The van der Waals surface area contributed by atoms with Gasteiger partial charge in [-0.3, -0.25) is 4.79 Å². The van der Waals surface area contributed by atoms with Crippen molar-refractivity contribution in [2.24, 2.45) is 5.73 Å². The number of benzene rings is 1. The van der Waals surface area contributed by atoms with E-state index < -0.39 is 18.0 Å². The minimum atomic E-state index is -0.966. The first-order valence-corrected chi connectivity index (χ1v) is 6.88. The fourth-order valence-electron chi connectivity index (χ4n) is 1.48. The number of primary amides is 1. The van der Waals surface area contributed by atoms with Crippen LogP contribution >= 0.6 is 11.3 Å². The van der Waals surface area contributed by atoms with Crippen molar-refractivity contribution in [3.63, 3.8) is 0 Å². The summed E-state index contributed by atoms with van der Waals surface area (Å²) in [7, 11) is 0. The van der Waals surface area contributed by atoms with E-state index in [0.717, 1.165) is 16.1 Å². The molecule has 0 saturated heterocycles. The largest absolute Gasteiger partial charge is 0.448 e. The third-order valence-corrected chi connectivity index (χ3v) is 3.59. The molecule has 2 N–H and O–H groups in total. The van der Waals surface area contributed by atoms with Gasteiger partial charge in [0.15, 0.2) is 11.8 Å². The van der Waals surface area contributed by atoms with Crippen molar-refractivity contribution in [1.29, 1.82) is 0 Å². The number of ether oxygens (including phenoxy) is 1. The number of hydrogen-bond donors (Lipinski definition) is 1. The lowest BCUT2D eigenvalue weighted by Gasteiger charge is -2.07. The molecule has 0 saturated carbocycles. The molecule has 2 aromatic rings. The van der Waals surface area contributed by atoms with E-state index in [4.69, 9.17) is 10.5 Å². The Balaban J connectivity index is 2.14. The first kappa shape index (κ1) is 14.2. The molecule has 0 aliphatic carbocycles. The third-order valence-electron chi connectivity index (χ3n) is 2.70. The number of aromatic nitrogens is 1. The zero-order valence-corrected chi connectivity index (χ0v) is 11.9. The lowest BCUT2D eigenvalue weighted by Crippen LogP contribution is -2.30. The average molecular weight is 290 g/mol. The normalized spacial score (nSPS) is 11.9. The fraction of sp³-hybridized carbons (Fsp3) is 0.214. The van der Waals surface area contributed by atoms with Crippen molar-refractivity contribution in [1.82, 2.24) is 4.98 Å². The number of esters is 1. The van der Waals surface area contributed by atoms with Gasteiger partial charge in [0.05, 0.1) is 0 Å². The van der Waals surface area contributed by atoms with Crippen LogP contribution in [0.1, 0.15) is 23.0 Å². The number of aryl methyl sites for hydroxylation is 1. The highest BCUT2D eigenvalue weighted by atomic mass is 32.1. The molecule has 0 unspecified atom stereocenters. The topological polar surface area (TPSA) is 82.3 Å². The molecule has 5 nitrogen and oxygen atoms in total. The minimum absolute atomic E-state index is 0.179. The van der Waals surface area contributed by atoms with Gasteiger partial charge in [-0.05, 0) is 13.8 Å². The van der Waals surface area contributed by atoms with Crippen LogP contribution in [0.5, 0.6) is 0 Å². The second-order valence-corrected chi connectivity index (χ2v) is 5.21. The van der Waals surface area contributed by atoms with Crippen LogP contribution in [0.25, 0.3) is 10.6 Å². The van der Waals surface area contributed by atoms with Crippen molar-refractivity contribution in [3.05, 3.63) is 40.9 Å². The van der Waals surface area contributed by atoms with Crippen molar-refractivity contribution >= 4 is 23.2 Å². The molecular weight excluding hydrogens is 276 g/mol. The van der Waals surface area contributed by atoms with Crippen LogP contribution in [0, 0.1) is 6.92 Å². The summed E-state index contributed by atoms with van der Waals surface area (Å²) in [5.41, 5.74) is 7.30. The maximum atomic E-state index is 11.8. The summed E-state index contributed by atoms with van der Waals surface area (Å²) in [6.07, 6.45) is -0.966. The first-order chi connectivity index (χ1) is 9.47. The highest BCUT2D eigenvalue weighted by Crippen LogP contribution is 2.24. The Hall–Kier alpha value is -2.21. The summed E-state index contributed by atoms with van der Waals surface area (Å²) in [5, 5.41) is 2.33. The van der Waals surface area contributed by atoms with Gasteiger partial charge < -0.3 is 10.5 Å². The zero-order chi connectivity index (χ0) is 14.7. The van der Waals surface area contributed by atoms with E-state index in [1.54, 1.807) is 5.38 Å². The van der Waals surface area contributed by atoms with E-state index >= 15 is 0 Å². The Morgan fingerprint density at radius 1 is 1.30 bits per heavy atom. The lowest BCUT2D eigenvalue weighted by molar-refractivity contribution is -0.125. The summed E-state index contributed by atoms with van der Waals surface area (Å²) >= 11 is 1.34. The molecule has 0 radical (unpaired) electrons. The lowest BCUT2D eigenvalue weighted by atomic mass is 10.2. The van der Waals surface area contributed by atoms with E-state index in [0.29, 0.717) is 0 Å². The maximum absolute atomic E-state index is 11.8. The second kappa shape index (κ2) is 5.83. The number of nitrogens with two attached hydrogens (primary N) is 1. The zero-order valence-electron chi connectivity index (χ0n) is 11.1. The summed E-state index contributed by atoms with van der Waals surface area (Å²) in [6.45, 7) is 3.42. The van der Waals surface area contributed by atoms with Gasteiger partial charge >= 0.3 is 5.97 Å². The maximum Gasteiger partial charge on any atom is 0.358 e. The molecule has 1 atom stereocenters. The van der Waals surface area contributed by atoms with E-state index in [9.17, 15) is 9.59 Å². The molecule has 0 aliphatic heterocycles. The molecule has 1 amide bonds. The number of hydrogen-bond acceptors (Lipinski definition) is 5. The molecule has 0 bridgehead atoms. The molecule has 104 valence electrons. The van der Waals surface area contributed by atoms with Gasteiger partial charge in [-0.25, -0.2) is 9.78 Å². The summed E-state index contributed by atoms with van der Waals surface area (Å²) in [6, 6.07) is 7.83. The van der Waals surface area contributed by atoms with Crippen LogP contribution in [0.15, 0.2) is 29.6 Å². The average Bonchev–Trinajstić information content (AvgIpc) is 2.89. The van der Waals surface area contributed by atoms with Crippen LogP contribution in [-0.2, 0) is 9.53 Å². The Bertz CT molecular complexity index is 634. The molecule has 1 aromatic carbocycles. The molecular formula is C14H14N2O3S. The Labute approximate surface area is 120 Å².